The van der Waals surface area contributed by atoms with Crippen molar-refractivity contribution in [1.29, 1.82) is 0 Å². The molecule has 1 aliphatic carbocycles. The summed E-state index contributed by atoms with van der Waals surface area (Å²) in [7, 11) is -4.17. The van der Waals surface area contributed by atoms with E-state index in [1.807, 2.05) is 30.3 Å². The average Bonchev–Trinajstić information content (AvgIpc) is 3.58. The van der Waals surface area contributed by atoms with Crippen molar-refractivity contribution in [2.75, 3.05) is 12.3 Å². The Hall–Kier alpha value is -3.38. The fourth-order valence-electron chi connectivity index (χ4n) is 4.18. The molecule has 0 spiro atoms. The van der Waals surface area contributed by atoms with Crippen LogP contribution in [0.15, 0.2) is 82.5 Å². The Labute approximate surface area is 216 Å². The molecule has 2 aromatic carbocycles. The van der Waals surface area contributed by atoms with E-state index in [9.17, 15) is 18.3 Å². The second-order valence-electron chi connectivity index (χ2n) is 8.93. The molecule has 2 atom stereocenters. The molecule has 1 aliphatic rings. The number of sulfonamides is 1. The molecule has 1 saturated carbocycles. The van der Waals surface area contributed by atoms with Crippen molar-refractivity contribution >= 4 is 21.8 Å². The number of aliphatic hydroxyl groups excluding tert-OH is 1. The minimum atomic E-state index is -4.17. The van der Waals surface area contributed by atoms with Gasteiger partial charge < -0.3 is 25.3 Å². The van der Waals surface area contributed by atoms with Crippen LogP contribution >= 0.6 is 0 Å². The maximum absolute atomic E-state index is 13.5. The Morgan fingerprint density at radius 3 is 2.57 bits per heavy atom. The van der Waals surface area contributed by atoms with E-state index >= 15 is 0 Å². The van der Waals surface area contributed by atoms with Gasteiger partial charge >= 0.3 is 6.09 Å². The summed E-state index contributed by atoms with van der Waals surface area (Å²) in [5.74, 6) is 0.195. The van der Waals surface area contributed by atoms with Crippen LogP contribution in [0.3, 0.4) is 0 Å². The zero-order valence-corrected chi connectivity index (χ0v) is 21.0. The molecule has 11 heteroatoms. The van der Waals surface area contributed by atoms with Gasteiger partial charge in [-0.1, -0.05) is 53.7 Å². The van der Waals surface area contributed by atoms with Crippen LogP contribution in [0.2, 0.25) is 0 Å². The fourth-order valence-corrected chi connectivity index (χ4v) is 5.53. The molecule has 1 heterocycles. The van der Waals surface area contributed by atoms with Gasteiger partial charge in [-0.05, 0) is 43.0 Å². The van der Waals surface area contributed by atoms with E-state index in [4.69, 9.17) is 19.7 Å². The number of ether oxygens (including phenoxy) is 1. The van der Waals surface area contributed by atoms with Gasteiger partial charge in [-0.2, -0.15) is 0 Å². The molecule has 37 heavy (non-hydrogen) atoms. The summed E-state index contributed by atoms with van der Waals surface area (Å²) < 4.78 is 38.0. The molecule has 1 aromatic heterocycles. The van der Waals surface area contributed by atoms with E-state index in [-0.39, 0.29) is 28.9 Å². The van der Waals surface area contributed by atoms with Crippen LogP contribution in [-0.2, 0) is 21.3 Å². The van der Waals surface area contributed by atoms with E-state index in [0.717, 1.165) is 22.9 Å². The van der Waals surface area contributed by atoms with Gasteiger partial charge in [0.2, 0.25) is 0 Å². The number of anilines is 1. The van der Waals surface area contributed by atoms with Crippen molar-refractivity contribution in [3.05, 3.63) is 78.8 Å². The first-order chi connectivity index (χ1) is 17.8. The minimum Gasteiger partial charge on any atom is -0.469 e. The number of nitrogens with two attached hydrogens (primary N) is 1. The molecule has 0 aliphatic heterocycles. The first-order valence-corrected chi connectivity index (χ1v) is 13.5. The first-order valence-electron chi connectivity index (χ1n) is 12.1. The van der Waals surface area contributed by atoms with Crippen LogP contribution in [0, 0.1) is 0 Å². The van der Waals surface area contributed by atoms with E-state index in [1.165, 1.54) is 36.8 Å². The summed E-state index contributed by atoms with van der Waals surface area (Å²) in [6.07, 6.45) is 3.67. The molecule has 1 fully saturated rings. The summed E-state index contributed by atoms with van der Waals surface area (Å²) in [6, 6.07) is 15.7. The molecule has 198 valence electrons. The van der Waals surface area contributed by atoms with Crippen molar-refractivity contribution in [2.45, 2.75) is 55.2 Å². The molecule has 3 aromatic rings. The largest absolute Gasteiger partial charge is 0.469 e. The normalized spacial score (nSPS) is 15.9. The highest BCUT2D eigenvalue weighted by Crippen LogP contribution is 2.26. The molecular weight excluding hydrogens is 498 g/mol. The zero-order valence-electron chi connectivity index (χ0n) is 20.2. The molecule has 10 nitrogen and oxygen atoms in total. The first kappa shape index (κ1) is 26.7. The standard InChI is InChI=1S/C26H31N3O7S/c27-20-9-6-12-23(16-20)37(32,33)29(36-21-10-4-5-11-21)17-25(30)24(15-19-7-2-1-3-8-19)28-26(31)35-22-13-14-34-18-22/h1-3,6-9,12-14,16,18,21,24-25,30H,4-5,10-11,15,17,27H2,(H,28,31)/t24-,25+/m0/s1. The number of hydroxylamine groups is 1. The van der Waals surface area contributed by atoms with Crippen molar-refractivity contribution in [1.82, 2.24) is 9.79 Å². The molecule has 1 amide bonds. The van der Waals surface area contributed by atoms with Gasteiger partial charge in [0.05, 0.1) is 36.0 Å². The average molecular weight is 530 g/mol. The van der Waals surface area contributed by atoms with Gasteiger partial charge in [-0.25, -0.2) is 13.2 Å². The maximum atomic E-state index is 13.5. The minimum absolute atomic E-state index is 0.0513. The number of furan rings is 1. The van der Waals surface area contributed by atoms with Gasteiger partial charge in [0, 0.05) is 11.8 Å². The van der Waals surface area contributed by atoms with E-state index in [2.05, 4.69) is 5.32 Å². The molecule has 0 saturated heterocycles. The summed E-state index contributed by atoms with van der Waals surface area (Å²) in [5, 5.41) is 13.9. The number of carbonyl (C=O) groups is 1. The molecular formula is C26H31N3O7S. The Bertz CT molecular complexity index is 1250. The Morgan fingerprint density at radius 2 is 1.89 bits per heavy atom. The third-order valence-electron chi connectivity index (χ3n) is 6.10. The van der Waals surface area contributed by atoms with Crippen molar-refractivity contribution in [3.63, 3.8) is 0 Å². The lowest BCUT2D eigenvalue weighted by molar-refractivity contribution is -0.145. The summed E-state index contributed by atoms with van der Waals surface area (Å²) in [5.41, 5.74) is 6.94. The highest BCUT2D eigenvalue weighted by molar-refractivity contribution is 7.89. The van der Waals surface area contributed by atoms with Crippen molar-refractivity contribution in [3.8, 4) is 5.75 Å². The number of rotatable bonds is 11. The van der Waals surface area contributed by atoms with Gasteiger partial charge in [-0.15, -0.1) is 0 Å². The molecule has 0 radical (unpaired) electrons. The summed E-state index contributed by atoms with van der Waals surface area (Å²) in [6.45, 7) is -0.420. The second-order valence-corrected chi connectivity index (χ2v) is 10.8. The quantitative estimate of drug-likeness (QED) is 0.253. The zero-order chi connectivity index (χ0) is 26.3. The van der Waals surface area contributed by atoms with Gasteiger partial charge in [0.15, 0.2) is 5.75 Å². The number of hydrogen-bond donors (Lipinski definition) is 3. The number of nitrogens with zero attached hydrogens (tertiary/aromatic N) is 1. The SMILES string of the molecule is Nc1cccc(S(=O)(=O)N(C[C@@H](O)[C@H](Cc2ccccc2)NC(=O)Oc2ccoc2)OC2CCCC2)c1. The fraction of sp³-hybridized carbons (Fsp3) is 0.346. The third-order valence-corrected chi connectivity index (χ3v) is 7.72. The van der Waals surface area contributed by atoms with Crippen molar-refractivity contribution < 1.29 is 32.3 Å². The predicted octanol–water partition coefficient (Wildman–Crippen LogP) is 3.49. The van der Waals surface area contributed by atoms with E-state index < -0.39 is 34.8 Å². The predicted molar refractivity (Wildman–Crippen MR) is 136 cm³/mol. The number of hydrogen-bond acceptors (Lipinski definition) is 8. The van der Waals surface area contributed by atoms with Crippen LogP contribution in [0.1, 0.15) is 31.2 Å². The van der Waals surface area contributed by atoms with Crippen LogP contribution < -0.4 is 15.8 Å². The molecule has 4 N–H and O–H groups in total. The summed E-state index contributed by atoms with van der Waals surface area (Å²) >= 11 is 0. The Balaban J connectivity index is 1.56. The number of benzene rings is 2. The third kappa shape index (κ3) is 7.32. The second kappa shape index (κ2) is 12.2. The van der Waals surface area contributed by atoms with Crippen LogP contribution in [0.5, 0.6) is 5.75 Å². The lowest BCUT2D eigenvalue weighted by Gasteiger charge is -2.30. The van der Waals surface area contributed by atoms with Crippen LogP contribution in [0.4, 0.5) is 10.5 Å². The molecule has 4 rings (SSSR count). The molecule has 0 bridgehead atoms. The summed E-state index contributed by atoms with van der Waals surface area (Å²) in [4.78, 5) is 18.4. The Kier molecular flexibility index (Phi) is 8.82. The van der Waals surface area contributed by atoms with Crippen molar-refractivity contribution in [2.24, 2.45) is 0 Å². The lowest BCUT2D eigenvalue weighted by atomic mass is 10.0. The van der Waals surface area contributed by atoms with Crippen LogP contribution in [-0.4, -0.2) is 48.9 Å². The monoisotopic (exact) mass is 529 g/mol. The van der Waals surface area contributed by atoms with E-state index in [0.29, 0.717) is 12.8 Å². The van der Waals surface area contributed by atoms with Gasteiger partial charge in [0.1, 0.15) is 6.26 Å². The smallest absolute Gasteiger partial charge is 0.413 e. The van der Waals surface area contributed by atoms with E-state index in [1.54, 1.807) is 6.07 Å². The van der Waals surface area contributed by atoms with Crippen LogP contribution in [0.25, 0.3) is 0 Å². The lowest BCUT2D eigenvalue weighted by Crippen LogP contribution is -2.51. The topological polar surface area (TPSA) is 144 Å². The van der Waals surface area contributed by atoms with Gasteiger partial charge in [-0.3, -0.25) is 4.84 Å². The number of nitrogens with one attached hydrogen (secondary N) is 1. The van der Waals surface area contributed by atoms with Gasteiger partial charge in [0.25, 0.3) is 10.0 Å². The number of nitrogen functional groups attached to an aromatic ring is 1. The highest BCUT2D eigenvalue weighted by atomic mass is 32.2. The Morgan fingerprint density at radius 1 is 1.14 bits per heavy atom. The number of amides is 1. The number of carbonyl (C=O) groups excluding carboxylic acids is 1. The molecule has 0 unspecified atom stereocenters. The maximum Gasteiger partial charge on any atom is 0.413 e. The highest BCUT2D eigenvalue weighted by Gasteiger charge is 2.34. The number of aliphatic hydroxyl groups is 1.